The lowest BCUT2D eigenvalue weighted by atomic mass is 10.1. The highest BCUT2D eigenvalue weighted by Gasteiger charge is 2.38. The Morgan fingerprint density at radius 2 is 0.900 bits per heavy atom. The Kier molecular flexibility index (Phi) is 5.50. The summed E-state index contributed by atoms with van der Waals surface area (Å²) in [6.07, 6.45) is 0. The second kappa shape index (κ2) is 10.0. The zero-order valence-corrected chi connectivity index (χ0v) is 27.3. The summed E-state index contributed by atoms with van der Waals surface area (Å²) < 4.78 is 7.16. The van der Waals surface area contributed by atoms with Crippen molar-refractivity contribution in [3.8, 4) is 11.4 Å². The second-order valence-corrected chi connectivity index (χ2v) is 13.9. The van der Waals surface area contributed by atoms with Crippen molar-refractivity contribution in [3.05, 3.63) is 163 Å². The molecule has 234 valence electrons. The van der Waals surface area contributed by atoms with Crippen molar-refractivity contribution in [1.29, 1.82) is 0 Å². The average Bonchev–Trinajstić information content (AvgIpc) is 3.87. The van der Waals surface area contributed by atoms with Gasteiger partial charge in [-0.25, -0.2) is 4.90 Å². The molecule has 50 heavy (non-hydrogen) atoms. The van der Waals surface area contributed by atoms with Crippen LogP contribution in [0.2, 0.25) is 0 Å². The van der Waals surface area contributed by atoms with E-state index in [1.165, 1.54) is 25.1 Å². The number of carbonyl (C=O) groups excluding carboxylic acids is 2. The molecule has 11 rings (SSSR count). The van der Waals surface area contributed by atoms with Crippen molar-refractivity contribution in [2.45, 2.75) is 0 Å². The summed E-state index contributed by atoms with van der Waals surface area (Å²) in [5.41, 5.74) is 7.56. The summed E-state index contributed by atoms with van der Waals surface area (Å²) >= 11 is 1.83. The number of imide groups is 1. The topological polar surface area (TPSA) is 47.2 Å². The van der Waals surface area contributed by atoms with E-state index in [1.54, 1.807) is 24.3 Å². The van der Waals surface area contributed by atoms with Crippen LogP contribution in [-0.2, 0) is 0 Å². The number of hydrogen-bond acceptors (Lipinski definition) is 3. The highest BCUT2D eigenvalue weighted by atomic mass is 32.1. The first-order valence-electron chi connectivity index (χ1n) is 16.6. The van der Waals surface area contributed by atoms with Crippen molar-refractivity contribution in [3.63, 3.8) is 0 Å². The smallest absolute Gasteiger partial charge is 0.266 e. The SMILES string of the molecule is O=C1c2ccccc2C(=O)N1c1ccccc1-n1c2ccccc2c2cc3c(cc21)c1ccccc1n3-c1ccc2sc3ccccc3c2c1. The Morgan fingerprint density at radius 3 is 1.60 bits per heavy atom. The molecule has 7 aromatic carbocycles. The van der Waals surface area contributed by atoms with E-state index in [-0.39, 0.29) is 11.8 Å². The minimum atomic E-state index is -0.306. The van der Waals surface area contributed by atoms with Crippen LogP contribution >= 0.6 is 11.3 Å². The van der Waals surface area contributed by atoms with E-state index in [4.69, 9.17) is 0 Å². The molecule has 5 nitrogen and oxygen atoms in total. The summed E-state index contributed by atoms with van der Waals surface area (Å²) in [6, 6.07) is 51.7. The Bertz CT molecular complexity index is 3070. The van der Waals surface area contributed by atoms with E-state index in [0.717, 1.165) is 55.0 Å². The van der Waals surface area contributed by atoms with Gasteiger partial charge >= 0.3 is 0 Å². The van der Waals surface area contributed by atoms with E-state index in [0.29, 0.717) is 16.8 Å². The monoisotopic (exact) mass is 659 g/mol. The number of anilines is 1. The van der Waals surface area contributed by atoms with Gasteiger partial charge in [-0.2, -0.15) is 0 Å². The van der Waals surface area contributed by atoms with Crippen molar-refractivity contribution in [2.24, 2.45) is 0 Å². The van der Waals surface area contributed by atoms with Gasteiger partial charge in [-0.05, 0) is 72.8 Å². The predicted molar refractivity (Wildman–Crippen MR) is 206 cm³/mol. The maximum atomic E-state index is 13.7. The molecule has 0 saturated carbocycles. The lowest BCUT2D eigenvalue weighted by Gasteiger charge is -2.20. The van der Waals surface area contributed by atoms with Gasteiger partial charge in [0.1, 0.15) is 0 Å². The predicted octanol–water partition coefficient (Wildman–Crippen LogP) is 11.0. The van der Waals surface area contributed by atoms with E-state index >= 15 is 0 Å². The van der Waals surface area contributed by atoms with E-state index < -0.39 is 0 Å². The van der Waals surface area contributed by atoms with E-state index in [1.807, 2.05) is 41.7 Å². The number of carbonyl (C=O) groups is 2. The highest BCUT2D eigenvalue weighted by molar-refractivity contribution is 7.25. The van der Waals surface area contributed by atoms with Crippen molar-refractivity contribution < 1.29 is 9.59 Å². The summed E-state index contributed by atoms with van der Waals surface area (Å²) in [7, 11) is 0. The third kappa shape index (κ3) is 3.60. The fourth-order valence-corrected chi connectivity index (χ4v) is 9.16. The first kappa shape index (κ1) is 27.5. The fraction of sp³-hybridized carbons (Fsp3) is 0. The number of fused-ring (bicyclic) bond motifs is 10. The van der Waals surface area contributed by atoms with Gasteiger partial charge < -0.3 is 9.13 Å². The Balaban J connectivity index is 1.20. The third-order valence-corrected chi connectivity index (χ3v) is 11.4. The van der Waals surface area contributed by atoms with Gasteiger partial charge in [0.05, 0.1) is 44.6 Å². The maximum Gasteiger partial charge on any atom is 0.266 e. The molecule has 4 heterocycles. The summed E-state index contributed by atoms with van der Waals surface area (Å²) in [4.78, 5) is 28.8. The van der Waals surface area contributed by atoms with E-state index in [2.05, 4.69) is 106 Å². The number of aromatic nitrogens is 2. The van der Waals surface area contributed by atoms with Crippen molar-refractivity contribution in [1.82, 2.24) is 9.13 Å². The number of rotatable bonds is 3. The standard InChI is InChI=1S/C44H25N3O2S/c48-43-30-14-1-2-15-31(30)44(49)47(43)38-19-9-8-18-37(38)46-36-17-7-4-12-28(36)33-24-39-32(25-40(33)46)27-11-3-6-16-35(27)45(39)26-21-22-42-34(23-26)29-13-5-10-20-41(29)50-42/h1-25H. The molecule has 6 heteroatoms. The van der Waals surface area contributed by atoms with Crippen LogP contribution in [0.15, 0.2) is 152 Å². The number of amides is 2. The first-order valence-corrected chi connectivity index (χ1v) is 17.4. The molecule has 0 aliphatic carbocycles. The van der Waals surface area contributed by atoms with Crippen molar-refractivity contribution >= 4 is 92.6 Å². The molecule has 0 saturated heterocycles. The van der Waals surface area contributed by atoms with Crippen LogP contribution in [0, 0.1) is 0 Å². The second-order valence-electron chi connectivity index (χ2n) is 12.9. The van der Waals surface area contributed by atoms with Crippen LogP contribution in [0.3, 0.4) is 0 Å². The van der Waals surface area contributed by atoms with E-state index in [9.17, 15) is 9.59 Å². The maximum absolute atomic E-state index is 13.7. The van der Waals surface area contributed by atoms with Gasteiger partial charge in [-0.1, -0.05) is 78.9 Å². The van der Waals surface area contributed by atoms with Gasteiger partial charge in [-0.15, -0.1) is 11.3 Å². The summed E-state index contributed by atoms with van der Waals surface area (Å²) in [6.45, 7) is 0. The molecule has 1 aliphatic rings. The Labute approximate surface area is 289 Å². The molecular weight excluding hydrogens is 635 g/mol. The van der Waals surface area contributed by atoms with Crippen LogP contribution in [0.4, 0.5) is 5.69 Å². The zero-order valence-electron chi connectivity index (χ0n) is 26.5. The molecule has 0 atom stereocenters. The minimum Gasteiger partial charge on any atom is -0.309 e. The fourth-order valence-electron chi connectivity index (χ4n) is 8.07. The van der Waals surface area contributed by atoms with Gasteiger partial charge in [0.25, 0.3) is 11.8 Å². The minimum absolute atomic E-state index is 0.306. The molecule has 2 amide bonds. The quantitative estimate of drug-likeness (QED) is 0.177. The van der Waals surface area contributed by atoms with Crippen LogP contribution in [-0.4, -0.2) is 20.9 Å². The summed E-state index contributed by atoms with van der Waals surface area (Å²) in [5, 5.41) is 7.01. The molecule has 0 bridgehead atoms. The molecule has 1 aliphatic heterocycles. The molecule has 0 fully saturated rings. The largest absolute Gasteiger partial charge is 0.309 e. The number of nitrogens with zero attached hydrogens (tertiary/aromatic N) is 3. The lowest BCUT2D eigenvalue weighted by Crippen LogP contribution is -2.30. The van der Waals surface area contributed by atoms with Crippen molar-refractivity contribution in [2.75, 3.05) is 4.90 Å². The first-order chi connectivity index (χ1) is 24.7. The zero-order chi connectivity index (χ0) is 33.1. The van der Waals surface area contributed by atoms with Gasteiger partial charge in [0.15, 0.2) is 0 Å². The molecule has 3 aromatic heterocycles. The molecular formula is C44H25N3O2S. The van der Waals surface area contributed by atoms with Gasteiger partial charge in [-0.3, -0.25) is 9.59 Å². The van der Waals surface area contributed by atoms with Crippen LogP contribution in [0.25, 0.3) is 75.2 Å². The van der Waals surface area contributed by atoms with Crippen LogP contribution in [0.1, 0.15) is 20.7 Å². The van der Waals surface area contributed by atoms with Crippen LogP contribution in [0.5, 0.6) is 0 Å². The lowest BCUT2D eigenvalue weighted by molar-refractivity contribution is 0.0926. The Hall–Kier alpha value is -6.50. The number of para-hydroxylation sites is 4. The number of thiophene rings is 1. The number of hydrogen-bond donors (Lipinski definition) is 0. The normalized spacial score (nSPS) is 13.2. The van der Waals surface area contributed by atoms with Gasteiger partial charge in [0.2, 0.25) is 0 Å². The molecule has 0 radical (unpaired) electrons. The average molecular weight is 660 g/mol. The summed E-state index contributed by atoms with van der Waals surface area (Å²) in [5.74, 6) is -0.612. The third-order valence-electron chi connectivity index (χ3n) is 10.2. The molecule has 10 aromatic rings. The Morgan fingerprint density at radius 1 is 0.380 bits per heavy atom. The highest BCUT2D eigenvalue weighted by Crippen LogP contribution is 2.43. The molecule has 0 N–H and O–H groups in total. The number of benzene rings is 7. The van der Waals surface area contributed by atoms with Gasteiger partial charge in [0, 0.05) is 47.4 Å². The molecule has 0 spiro atoms. The van der Waals surface area contributed by atoms with Crippen LogP contribution < -0.4 is 4.90 Å². The molecule has 0 unspecified atom stereocenters.